The summed E-state index contributed by atoms with van der Waals surface area (Å²) in [4.78, 5) is 46.7. The van der Waals surface area contributed by atoms with Crippen LogP contribution in [0.15, 0.2) is 91.1 Å². The van der Waals surface area contributed by atoms with Crippen molar-refractivity contribution in [1.82, 2.24) is 19.4 Å². The van der Waals surface area contributed by atoms with Crippen LogP contribution < -0.4 is 0 Å². The first-order chi connectivity index (χ1) is 19.6. The van der Waals surface area contributed by atoms with Gasteiger partial charge in [-0.25, -0.2) is 4.98 Å². The highest BCUT2D eigenvalue weighted by molar-refractivity contribution is 6.62. The number of imide groups is 1. The molecule has 5 rings (SSSR count). The van der Waals surface area contributed by atoms with E-state index >= 15 is 0 Å². The fourth-order valence-corrected chi connectivity index (χ4v) is 5.64. The van der Waals surface area contributed by atoms with Crippen LogP contribution in [0.4, 0.5) is 4.79 Å². The molecule has 0 spiro atoms. The Morgan fingerprint density at radius 1 is 0.878 bits per heavy atom. The van der Waals surface area contributed by atoms with Gasteiger partial charge in [0, 0.05) is 31.4 Å². The van der Waals surface area contributed by atoms with Gasteiger partial charge in [-0.3, -0.25) is 19.3 Å². The molecule has 4 aromatic rings. The molecule has 0 radical (unpaired) electrons. The maximum absolute atomic E-state index is 13.0. The maximum atomic E-state index is 13.0. The molecule has 7 nitrogen and oxygen atoms in total. The molecule has 3 aromatic carbocycles. The van der Waals surface area contributed by atoms with Crippen molar-refractivity contribution in [2.45, 2.75) is 39.8 Å². The van der Waals surface area contributed by atoms with Gasteiger partial charge in [0.15, 0.2) is 0 Å². The van der Waals surface area contributed by atoms with Crippen molar-refractivity contribution in [2.24, 2.45) is 5.41 Å². The second kappa shape index (κ2) is 11.7. The Balaban J connectivity index is 1.45. The van der Waals surface area contributed by atoms with Crippen LogP contribution in [0.5, 0.6) is 0 Å². The normalized spacial score (nSPS) is 13.8. The van der Waals surface area contributed by atoms with E-state index in [9.17, 15) is 14.4 Å². The monoisotopic (exact) mass is 568 g/mol. The zero-order valence-corrected chi connectivity index (χ0v) is 24.2. The van der Waals surface area contributed by atoms with E-state index in [1.807, 2.05) is 54.7 Å². The number of aromatic nitrogens is 2. The number of carbonyl (C=O) groups is 3. The SMILES string of the molecule is CC(C)(C)C(c1nc(-c2ccccc2)cn1Cc1ccccc1)N(CCCN1C(=O)c2ccccc2C1=O)C(=O)Cl. The van der Waals surface area contributed by atoms with Crippen molar-refractivity contribution in [3.63, 3.8) is 0 Å². The summed E-state index contributed by atoms with van der Waals surface area (Å²) in [6.45, 7) is 7.16. The van der Waals surface area contributed by atoms with E-state index in [2.05, 4.69) is 37.5 Å². The van der Waals surface area contributed by atoms with Gasteiger partial charge in [0.25, 0.3) is 11.8 Å². The number of hydrogen-bond donors (Lipinski definition) is 0. The zero-order chi connectivity index (χ0) is 29.1. The van der Waals surface area contributed by atoms with Crippen molar-refractivity contribution < 1.29 is 14.4 Å². The van der Waals surface area contributed by atoms with Gasteiger partial charge in [-0.05, 0) is 41.1 Å². The zero-order valence-electron chi connectivity index (χ0n) is 23.5. The van der Waals surface area contributed by atoms with E-state index in [4.69, 9.17) is 16.6 Å². The first-order valence-electron chi connectivity index (χ1n) is 13.7. The molecule has 0 saturated carbocycles. The van der Waals surface area contributed by atoms with Crippen molar-refractivity contribution >= 4 is 28.8 Å². The topological polar surface area (TPSA) is 75.5 Å². The molecule has 0 saturated heterocycles. The van der Waals surface area contributed by atoms with Gasteiger partial charge in [0.1, 0.15) is 5.82 Å². The number of nitrogens with zero attached hydrogens (tertiary/aromatic N) is 4. The lowest BCUT2D eigenvalue weighted by Crippen LogP contribution is -2.42. The molecule has 0 fully saturated rings. The largest absolute Gasteiger partial charge is 0.328 e. The van der Waals surface area contributed by atoms with E-state index < -0.39 is 16.8 Å². The number of benzene rings is 3. The second-order valence-electron chi connectivity index (χ2n) is 11.3. The number of carbonyl (C=O) groups excluding carboxylic acids is 3. The van der Waals surface area contributed by atoms with Crippen LogP contribution in [0, 0.1) is 5.41 Å². The average Bonchev–Trinajstić information content (AvgIpc) is 3.47. The molecule has 3 amide bonds. The summed E-state index contributed by atoms with van der Waals surface area (Å²) in [6.07, 6.45) is 2.40. The number of amides is 3. The van der Waals surface area contributed by atoms with Crippen LogP contribution >= 0.6 is 11.6 Å². The van der Waals surface area contributed by atoms with Crippen LogP contribution in [0.25, 0.3) is 11.3 Å². The Morgan fingerprint density at radius 2 is 1.44 bits per heavy atom. The standard InChI is InChI=1S/C33H33ClN4O3/c1-33(2,3)28(37(32(34)41)19-12-20-38-30(39)25-17-10-11-18-26(25)31(38)40)29-35-27(24-15-8-5-9-16-24)22-36(29)21-23-13-6-4-7-14-23/h4-11,13-18,22,28H,12,19-21H2,1-3H3. The third-order valence-corrected chi connectivity index (χ3v) is 7.55. The van der Waals surface area contributed by atoms with Crippen molar-refractivity contribution in [3.05, 3.63) is 114 Å². The molecule has 41 heavy (non-hydrogen) atoms. The van der Waals surface area contributed by atoms with Gasteiger partial charge >= 0.3 is 5.37 Å². The number of hydrogen-bond acceptors (Lipinski definition) is 4. The smallest absolute Gasteiger partial charge is 0.317 e. The van der Waals surface area contributed by atoms with Crippen molar-refractivity contribution in [2.75, 3.05) is 13.1 Å². The van der Waals surface area contributed by atoms with Gasteiger partial charge in [-0.2, -0.15) is 0 Å². The van der Waals surface area contributed by atoms with E-state index in [0.717, 1.165) is 22.6 Å². The van der Waals surface area contributed by atoms with E-state index in [-0.39, 0.29) is 24.9 Å². The predicted octanol–water partition coefficient (Wildman–Crippen LogP) is 7.03. The lowest BCUT2D eigenvalue weighted by atomic mass is 9.85. The summed E-state index contributed by atoms with van der Waals surface area (Å²) < 4.78 is 2.09. The Kier molecular flexibility index (Phi) is 8.08. The first kappa shape index (κ1) is 28.3. The Labute approximate surface area is 245 Å². The van der Waals surface area contributed by atoms with Crippen LogP contribution in [0.3, 0.4) is 0 Å². The molecule has 0 aliphatic carbocycles. The predicted molar refractivity (Wildman–Crippen MR) is 160 cm³/mol. The van der Waals surface area contributed by atoms with Gasteiger partial charge < -0.3 is 9.47 Å². The summed E-state index contributed by atoms with van der Waals surface area (Å²) in [5, 5.41) is -0.609. The summed E-state index contributed by atoms with van der Waals surface area (Å²) in [6, 6.07) is 26.4. The fraction of sp³-hybridized carbons (Fsp3) is 0.273. The summed E-state index contributed by atoms with van der Waals surface area (Å²) in [5.41, 5.74) is 3.26. The third kappa shape index (κ3) is 5.95. The lowest BCUT2D eigenvalue weighted by molar-refractivity contribution is 0.0640. The second-order valence-corrected chi connectivity index (χ2v) is 11.7. The minimum atomic E-state index is -0.609. The molecule has 1 aliphatic heterocycles. The summed E-state index contributed by atoms with van der Waals surface area (Å²) >= 11 is 6.26. The highest BCUT2D eigenvalue weighted by Gasteiger charge is 2.39. The maximum Gasteiger partial charge on any atom is 0.317 e. The Morgan fingerprint density at radius 3 is 2.00 bits per heavy atom. The molecule has 0 bridgehead atoms. The minimum Gasteiger partial charge on any atom is -0.328 e. The third-order valence-electron chi connectivity index (χ3n) is 7.33. The number of fused-ring (bicyclic) bond motifs is 1. The van der Waals surface area contributed by atoms with Gasteiger partial charge in [-0.1, -0.05) is 93.6 Å². The van der Waals surface area contributed by atoms with Crippen LogP contribution in [0.2, 0.25) is 0 Å². The molecule has 1 aliphatic rings. The van der Waals surface area contributed by atoms with Gasteiger partial charge in [0.05, 0.1) is 22.9 Å². The van der Waals surface area contributed by atoms with E-state index in [0.29, 0.717) is 24.1 Å². The quantitative estimate of drug-likeness (QED) is 0.123. The summed E-state index contributed by atoms with van der Waals surface area (Å²) in [5.74, 6) is 0.0928. The van der Waals surface area contributed by atoms with Crippen LogP contribution in [-0.4, -0.2) is 49.6 Å². The number of halogens is 1. The van der Waals surface area contributed by atoms with Crippen molar-refractivity contribution in [3.8, 4) is 11.3 Å². The van der Waals surface area contributed by atoms with E-state index in [1.165, 1.54) is 4.90 Å². The molecule has 1 aromatic heterocycles. The van der Waals surface area contributed by atoms with Crippen LogP contribution in [0.1, 0.15) is 65.3 Å². The van der Waals surface area contributed by atoms with Gasteiger partial charge in [-0.15, -0.1) is 0 Å². The highest BCUT2D eigenvalue weighted by atomic mass is 35.5. The first-order valence-corrected chi connectivity index (χ1v) is 14.1. The highest BCUT2D eigenvalue weighted by Crippen LogP contribution is 2.40. The molecule has 210 valence electrons. The molecular weight excluding hydrogens is 536 g/mol. The molecule has 1 unspecified atom stereocenters. The Hall–Kier alpha value is -4.23. The fourth-order valence-electron chi connectivity index (χ4n) is 5.46. The lowest BCUT2D eigenvalue weighted by Gasteiger charge is -2.39. The van der Waals surface area contributed by atoms with Crippen molar-refractivity contribution in [1.29, 1.82) is 0 Å². The van der Waals surface area contributed by atoms with Crippen LogP contribution in [-0.2, 0) is 6.54 Å². The van der Waals surface area contributed by atoms with Gasteiger partial charge in [0.2, 0.25) is 0 Å². The molecule has 1 atom stereocenters. The Bertz CT molecular complexity index is 1530. The molecule has 0 N–H and O–H groups in total. The van der Waals surface area contributed by atoms with E-state index in [1.54, 1.807) is 29.2 Å². The molecule has 8 heteroatoms. The molecular formula is C33H33ClN4O3. The number of imidazole rings is 1. The minimum absolute atomic E-state index is 0.178. The average molecular weight is 569 g/mol. The molecule has 2 heterocycles. The summed E-state index contributed by atoms with van der Waals surface area (Å²) in [7, 11) is 0. The number of rotatable bonds is 9.